The van der Waals surface area contributed by atoms with Crippen molar-refractivity contribution < 1.29 is 22.7 Å². The number of piperidine rings is 1. The van der Waals surface area contributed by atoms with E-state index in [2.05, 4.69) is 31.2 Å². The van der Waals surface area contributed by atoms with E-state index >= 15 is 0 Å². The summed E-state index contributed by atoms with van der Waals surface area (Å²) in [6.07, 6.45) is -0.373. The van der Waals surface area contributed by atoms with Crippen molar-refractivity contribution in [1.82, 2.24) is 15.3 Å². The van der Waals surface area contributed by atoms with Gasteiger partial charge in [-0.15, -0.1) is 0 Å². The summed E-state index contributed by atoms with van der Waals surface area (Å²) in [6.45, 7) is 7.87. The summed E-state index contributed by atoms with van der Waals surface area (Å²) in [5.74, 6) is -1.75. The van der Waals surface area contributed by atoms with E-state index in [0.717, 1.165) is 6.07 Å². The van der Waals surface area contributed by atoms with Crippen LogP contribution in [0.3, 0.4) is 0 Å². The maximum atomic E-state index is 14.4. The van der Waals surface area contributed by atoms with Crippen LogP contribution in [-0.2, 0) is 4.74 Å². The maximum absolute atomic E-state index is 14.4. The third kappa shape index (κ3) is 4.73. The summed E-state index contributed by atoms with van der Waals surface area (Å²) in [4.78, 5) is 21.2. The topological polar surface area (TPSA) is 67.3 Å². The van der Waals surface area contributed by atoms with Gasteiger partial charge in [0.25, 0.3) is 0 Å². The van der Waals surface area contributed by atoms with Crippen molar-refractivity contribution in [1.29, 1.82) is 0 Å². The lowest BCUT2D eigenvalue weighted by atomic mass is 9.91. The van der Waals surface area contributed by atoms with Gasteiger partial charge in [0.15, 0.2) is 5.82 Å². The van der Waals surface area contributed by atoms with E-state index in [9.17, 15) is 18.0 Å². The van der Waals surface area contributed by atoms with Gasteiger partial charge < -0.3 is 15.0 Å². The lowest BCUT2D eigenvalue weighted by Gasteiger charge is -2.41. The highest BCUT2D eigenvalue weighted by molar-refractivity contribution is 9.10. The SMILES string of the molecule is CC1(NC(=O)OC(C)(C)C)CCCN(c2nc(F)nc3c(F)c(Br)c(F)cc23)C1. The standard InChI is InChI=1S/C19H22BrF3N4O2/c1-18(2,3)29-17(28)26-19(4)6-5-7-27(9-19)15-10-8-11(21)12(20)13(22)14(10)24-16(23)25-15/h8H,5-7,9H2,1-4H3,(H,26,28). The van der Waals surface area contributed by atoms with Crippen LogP contribution in [0.15, 0.2) is 10.5 Å². The molecular formula is C19H22BrF3N4O2. The van der Waals surface area contributed by atoms with E-state index in [-0.39, 0.29) is 23.3 Å². The fraction of sp³-hybridized carbons (Fsp3) is 0.526. The highest BCUT2D eigenvalue weighted by Crippen LogP contribution is 2.34. The molecule has 3 rings (SSSR count). The van der Waals surface area contributed by atoms with Crippen LogP contribution in [0.2, 0.25) is 0 Å². The number of aromatic nitrogens is 2. The third-order valence-corrected chi connectivity index (χ3v) is 5.31. The molecule has 0 saturated carbocycles. The minimum absolute atomic E-state index is 0.0612. The van der Waals surface area contributed by atoms with Gasteiger partial charge in [0.05, 0.1) is 10.0 Å². The molecule has 2 heterocycles. The van der Waals surface area contributed by atoms with Crippen LogP contribution in [0, 0.1) is 17.7 Å². The molecule has 1 aliphatic heterocycles. The molecule has 0 aliphatic carbocycles. The summed E-state index contributed by atoms with van der Waals surface area (Å²) in [5.41, 5.74) is -1.66. The Hall–Kier alpha value is -2.10. The van der Waals surface area contributed by atoms with Gasteiger partial charge in [-0.1, -0.05) is 0 Å². The summed E-state index contributed by atoms with van der Waals surface area (Å²) < 4.78 is 47.5. The molecule has 2 aromatic rings. The molecule has 0 radical (unpaired) electrons. The molecule has 10 heteroatoms. The highest BCUT2D eigenvalue weighted by Gasteiger charge is 2.35. The van der Waals surface area contributed by atoms with Crippen molar-refractivity contribution in [3.8, 4) is 0 Å². The first-order valence-corrected chi connectivity index (χ1v) is 9.95. The smallest absolute Gasteiger partial charge is 0.408 e. The Labute approximate surface area is 175 Å². The summed E-state index contributed by atoms with van der Waals surface area (Å²) in [6, 6.07) is 1.07. The molecule has 1 atom stereocenters. The zero-order valence-electron chi connectivity index (χ0n) is 16.6. The van der Waals surface area contributed by atoms with Gasteiger partial charge in [0.2, 0.25) is 0 Å². The molecule has 1 unspecified atom stereocenters. The van der Waals surface area contributed by atoms with Crippen LogP contribution >= 0.6 is 15.9 Å². The average molecular weight is 475 g/mol. The van der Waals surface area contributed by atoms with Gasteiger partial charge in [-0.25, -0.2) is 13.6 Å². The zero-order chi connectivity index (χ0) is 21.6. The Bertz CT molecular complexity index is 967. The molecule has 1 N–H and O–H groups in total. The number of nitrogens with zero attached hydrogens (tertiary/aromatic N) is 3. The van der Waals surface area contributed by atoms with E-state index in [4.69, 9.17) is 4.74 Å². The van der Waals surface area contributed by atoms with Gasteiger partial charge >= 0.3 is 12.2 Å². The van der Waals surface area contributed by atoms with Crippen LogP contribution < -0.4 is 10.2 Å². The van der Waals surface area contributed by atoms with Crippen molar-refractivity contribution in [3.63, 3.8) is 0 Å². The van der Waals surface area contributed by atoms with Crippen molar-refractivity contribution in [3.05, 3.63) is 28.3 Å². The number of rotatable bonds is 2. The van der Waals surface area contributed by atoms with Crippen LogP contribution in [0.25, 0.3) is 10.9 Å². The number of hydrogen-bond acceptors (Lipinski definition) is 5. The number of carbonyl (C=O) groups excluding carboxylic acids is 1. The van der Waals surface area contributed by atoms with Crippen molar-refractivity contribution in [2.45, 2.75) is 51.7 Å². The first-order chi connectivity index (χ1) is 13.4. The first kappa shape index (κ1) is 21.6. The highest BCUT2D eigenvalue weighted by atomic mass is 79.9. The van der Waals surface area contributed by atoms with Gasteiger partial charge in [-0.3, -0.25) is 0 Å². The van der Waals surface area contributed by atoms with E-state index in [0.29, 0.717) is 19.4 Å². The number of fused-ring (bicyclic) bond motifs is 1. The van der Waals surface area contributed by atoms with Crippen LogP contribution in [0.1, 0.15) is 40.5 Å². The molecule has 1 fully saturated rings. The van der Waals surface area contributed by atoms with Crippen molar-refractivity contribution >= 4 is 38.7 Å². The monoisotopic (exact) mass is 474 g/mol. The number of hydrogen-bond donors (Lipinski definition) is 1. The second kappa shape index (κ2) is 7.62. The number of nitrogens with one attached hydrogen (secondary N) is 1. The molecule has 1 saturated heterocycles. The molecule has 6 nitrogen and oxygen atoms in total. The Kier molecular flexibility index (Phi) is 5.68. The second-order valence-corrected chi connectivity index (χ2v) is 9.20. The third-order valence-electron chi connectivity index (χ3n) is 4.58. The number of anilines is 1. The Morgan fingerprint density at radius 1 is 1.31 bits per heavy atom. The van der Waals surface area contributed by atoms with Crippen molar-refractivity contribution in [2.24, 2.45) is 0 Å². The van der Waals surface area contributed by atoms with Crippen LogP contribution in [-0.4, -0.2) is 40.3 Å². The van der Waals surface area contributed by atoms with E-state index < -0.39 is 39.4 Å². The fourth-order valence-electron chi connectivity index (χ4n) is 3.44. The largest absolute Gasteiger partial charge is 0.444 e. The molecule has 29 heavy (non-hydrogen) atoms. The Balaban J connectivity index is 1.95. The number of ether oxygens (including phenoxy) is 1. The molecular weight excluding hydrogens is 453 g/mol. The number of alkyl carbamates (subject to hydrolysis) is 1. The minimum atomic E-state index is -1.11. The zero-order valence-corrected chi connectivity index (χ0v) is 18.2. The van der Waals surface area contributed by atoms with Gasteiger partial charge in [-0.05, 0) is 62.5 Å². The molecule has 1 aromatic heterocycles. The summed E-state index contributed by atoms with van der Waals surface area (Å²) >= 11 is 2.81. The second-order valence-electron chi connectivity index (χ2n) is 8.41. The number of benzene rings is 1. The number of amides is 1. The molecule has 1 amide bonds. The number of halogens is 4. The van der Waals surface area contributed by atoms with Gasteiger partial charge in [0, 0.05) is 18.5 Å². The van der Waals surface area contributed by atoms with Crippen LogP contribution in [0.5, 0.6) is 0 Å². The number of carbonyl (C=O) groups is 1. The lowest BCUT2D eigenvalue weighted by molar-refractivity contribution is 0.0454. The molecule has 0 bridgehead atoms. The maximum Gasteiger partial charge on any atom is 0.408 e. The molecule has 1 aliphatic rings. The molecule has 158 valence electrons. The predicted molar refractivity (Wildman–Crippen MR) is 106 cm³/mol. The van der Waals surface area contributed by atoms with Gasteiger partial charge in [0.1, 0.15) is 22.8 Å². The lowest BCUT2D eigenvalue weighted by Crippen LogP contribution is -2.57. The normalized spacial score (nSPS) is 20.1. The Morgan fingerprint density at radius 2 is 2.00 bits per heavy atom. The van der Waals surface area contributed by atoms with E-state index in [1.165, 1.54) is 0 Å². The van der Waals surface area contributed by atoms with E-state index in [1.54, 1.807) is 25.7 Å². The molecule has 1 aromatic carbocycles. The minimum Gasteiger partial charge on any atom is -0.444 e. The molecule has 0 spiro atoms. The first-order valence-electron chi connectivity index (χ1n) is 9.15. The predicted octanol–water partition coefficient (Wildman–Crippen LogP) is 4.69. The van der Waals surface area contributed by atoms with E-state index in [1.807, 2.05) is 6.92 Å². The summed E-state index contributed by atoms with van der Waals surface area (Å²) in [7, 11) is 0. The average Bonchev–Trinajstić information content (AvgIpc) is 2.58. The fourth-order valence-corrected chi connectivity index (χ4v) is 3.75. The quantitative estimate of drug-likeness (QED) is 0.504. The van der Waals surface area contributed by atoms with Crippen molar-refractivity contribution in [2.75, 3.05) is 18.0 Å². The Morgan fingerprint density at radius 3 is 2.66 bits per heavy atom. The van der Waals surface area contributed by atoms with Gasteiger partial charge in [-0.2, -0.15) is 14.4 Å². The summed E-state index contributed by atoms with van der Waals surface area (Å²) in [5, 5.41) is 2.91. The van der Waals surface area contributed by atoms with Crippen LogP contribution in [0.4, 0.5) is 23.8 Å².